The number of carbonyl (C=O) groups is 4. The molecule has 0 spiro atoms. The lowest BCUT2D eigenvalue weighted by Crippen LogP contribution is -2.42. The Labute approximate surface area is 134 Å². The summed E-state index contributed by atoms with van der Waals surface area (Å²) in [5.41, 5.74) is 0.687. The van der Waals surface area contributed by atoms with Gasteiger partial charge >= 0.3 is 5.97 Å². The van der Waals surface area contributed by atoms with Gasteiger partial charge in [-0.3, -0.25) is 14.4 Å². The molecule has 124 valence electrons. The van der Waals surface area contributed by atoms with Crippen molar-refractivity contribution < 1.29 is 23.9 Å². The molecule has 0 unspecified atom stereocenters. The fourth-order valence-electron chi connectivity index (χ4n) is 1.80. The summed E-state index contributed by atoms with van der Waals surface area (Å²) in [4.78, 5) is 47.1. The number of aldehydes is 1. The molecule has 1 aromatic rings. The summed E-state index contributed by atoms with van der Waals surface area (Å²) in [6, 6.07) is 5.86. The molecule has 0 radical (unpaired) electrons. The number of rotatable bonds is 8. The normalized spacial score (nSPS) is 9.83. The van der Waals surface area contributed by atoms with E-state index in [0.29, 0.717) is 24.9 Å². The van der Waals surface area contributed by atoms with Crippen LogP contribution in [0.5, 0.6) is 0 Å². The first kappa shape index (κ1) is 18.3. The van der Waals surface area contributed by atoms with E-state index in [1.165, 1.54) is 29.2 Å². The molecule has 0 bridgehead atoms. The number of benzene rings is 1. The van der Waals surface area contributed by atoms with E-state index in [0.717, 1.165) is 0 Å². The minimum absolute atomic E-state index is 0.0746. The van der Waals surface area contributed by atoms with Crippen LogP contribution >= 0.6 is 0 Å². The summed E-state index contributed by atoms with van der Waals surface area (Å²) < 4.78 is 4.94. The van der Waals surface area contributed by atoms with Crippen LogP contribution in [0, 0.1) is 0 Å². The molecule has 0 fully saturated rings. The second-order valence-electron chi connectivity index (χ2n) is 4.68. The number of nitrogens with one attached hydrogen (secondary N) is 1. The van der Waals surface area contributed by atoms with Crippen LogP contribution in [0.1, 0.15) is 34.6 Å². The molecule has 7 nitrogen and oxygen atoms in total. The molecule has 23 heavy (non-hydrogen) atoms. The fraction of sp³-hybridized carbons (Fsp3) is 0.375. The van der Waals surface area contributed by atoms with Crippen molar-refractivity contribution in [2.24, 2.45) is 0 Å². The van der Waals surface area contributed by atoms with E-state index < -0.39 is 18.5 Å². The number of amides is 2. The Morgan fingerprint density at radius 3 is 2.35 bits per heavy atom. The largest absolute Gasteiger partial charge is 0.452 e. The van der Waals surface area contributed by atoms with Crippen molar-refractivity contribution >= 4 is 24.1 Å². The molecule has 0 aliphatic carbocycles. The molecular weight excluding hydrogens is 300 g/mol. The number of ether oxygens (including phenoxy) is 1. The third-order valence-electron chi connectivity index (χ3n) is 3.05. The molecule has 0 heterocycles. The van der Waals surface area contributed by atoms with Crippen LogP contribution in [0.15, 0.2) is 24.3 Å². The Kier molecular flexibility index (Phi) is 7.45. The second-order valence-corrected chi connectivity index (χ2v) is 4.68. The lowest BCUT2D eigenvalue weighted by atomic mass is 10.1. The third kappa shape index (κ3) is 5.90. The number of nitrogens with zero attached hydrogens (tertiary/aromatic N) is 1. The summed E-state index contributed by atoms with van der Waals surface area (Å²) >= 11 is 0. The standard InChI is InChI=1S/C16H20N2O5/c1-3-17-14(20)9-18(4-2)15(21)11-23-16(22)13-7-5-12(10-19)6-8-13/h5-8,10H,3-4,9,11H2,1-2H3,(H,17,20). The van der Waals surface area contributed by atoms with Crippen LogP contribution in [-0.2, 0) is 14.3 Å². The predicted octanol–water partition coefficient (Wildman–Crippen LogP) is 0.641. The van der Waals surface area contributed by atoms with E-state index >= 15 is 0 Å². The van der Waals surface area contributed by atoms with Crippen molar-refractivity contribution in [2.75, 3.05) is 26.2 Å². The first-order chi connectivity index (χ1) is 11.0. The molecule has 0 atom stereocenters. The van der Waals surface area contributed by atoms with Gasteiger partial charge in [-0.05, 0) is 26.0 Å². The van der Waals surface area contributed by atoms with Gasteiger partial charge in [0.05, 0.1) is 12.1 Å². The average molecular weight is 320 g/mol. The maximum absolute atomic E-state index is 12.0. The highest BCUT2D eigenvalue weighted by atomic mass is 16.5. The van der Waals surface area contributed by atoms with Crippen molar-refractivity contribution in [1.29, 1.82) is 0 Å². The molecule has 2 amide bonds. The molecule has 0 aliphatic heterocycles. The van der Waals surface area contributed by atoms with Crippen LogP contribution in [0.3, 0.4) is 0 Å². The van der Waals surface area contributed by atoms with Gasteiger partial charge in [0.25, 0.3) is 5.91 Å². The van der Waals surface area contributed by atoms with Gasteiger partial charge in [-0.1, -0.05) is 12.1 Å². The van der Waals surface area contributed by atoms with Crippen molar-refractivity contribution in [1.82, 2.24) is 10.2 Å². The van der Waals surface area contributed by atoms with Crippen LogP contribution in [-0.4, -0.2) is 55.2 Å². The van der Waals surface area contributed by atoms with E-state index in [2.05, 4.69) is 5.32 Å². The van der Waals surface area contributed by atoms with Crippen molar-refractivity contribution in [2.45, 2.75) is 13.8 Å². The average Bonchev–Trinajstić information content (AvgIpc) is 2.57. The highest BCUT2D eigenvalue weighted by Crippen LogP contribution is 2.05. The van der Waals surface area contributed by atoms with E-state index in [1.54, 1.807) is 13.8 Å². The summed E-state index contributed by atoms with van der Waals surface area (Å²) in [6.45, 7) is 3.82. The third-order valence-corrected chi connectivity index (χ3v) is 3.05. The van der Waals surface area contributed by atoms with E-state index in [9.17, 15) is 19.2 Å². The van der Waals surface area contributed by atoms with Crippen molar-refractivity contribution in [3.8, 4) is 0 Å². The van der Waals surface area contributed by atoms with Gasteiger partial charge in [0.15, 0.2) is 6.61 Å². The zero-order valence-corrected chi connectivity index (χ0v) is 13.2. The van der Waals surface area contributed by atoms with Gasteiger partial charge in [-0.2, -0.15) is 0 Å². The van der Waals surface area contributed by atoms with Gasteiger partial charge in [0.1, 0.15) is 6.29 Å². The zero-order chi connectivity index (χ0) is 17.2. The number of carbonyl (C=O) groups excluding carboxylic acids is 4. The lowest BCUT2D eigenvalue weighted by Gasteiger charge is -2.20. The Balaban J connectivity index is 2.53. The molecule has 7 heteroatoms. The summed E-state index contributed by atoms with van der Waals surface area (Å²) in [5.74, 6) is -1.38. The van der Waals surface area contributed by atoms with Crippen LogP contribution in [0.2, 0.25) is 0 Å². The summed E-state index contributed by atoms with van der Waals surface area (Å²) in [7, 11) is 0. The molecule has 0 aliphatic rings. The maximum Gasteiger partial charge on any atom is 0.338 e. The molecule has 1 N–H and O–H groups in total. The number of esters is 1. The highest BCUT2D eigenvalue weighted by molar-refractivity contribution is 5.92. The van der Waals surface area contributed by atoms with Crippen LogP contribution in [0.4, 0.5) is 0 Å². The van der Waals surface area contributed by atoms with Crippen molar-refractivity contribution in [3.05, 3.63) is 35.4 Å². The van der Waals surface area contributed by atoms with Crippen LogP contribution in [0.25, 0.3) is 0 Å². The molecule has 0 aromatic heterocycles. The van der Waals surface area contributed by atoms with Gasteiger partial charge in [0, 0.05) is 18.7 Å². The predicted molar refractivity (Wildman–Crippen MR) is 83.0 cm³/mol. The number of hydrogen-bond acceptors (Lipinski definition) is 5. The molecule has 1 aromatic carbocycles. The fourth-order valence-corrected chi connectivity index (χ4v) is 1.80. The molecule has 1 rings (SSSR count). The first-order valence-electron chi connectivity index (χ1n) is 7.28. The van der Waals surface area contributed by atoms with Crippen LogP contribution < -0.4 is 5.32 Å². The van der Waals surface area contributed by atoms with Gasteiger partial charge in [-0.15, -0.1) is 0 Å². The van der Waals surface area contributed by atoms with Gasteiger partial charge < -0.3 is 15.0 Å². The second kappa shape index (κ2) is 9.34. The SMILES string of the molecule is CCNC(=O)CN(CC)C(=O)COC(=O)c1ccc(C=O)cc1. The monoisotopic (exact) mass is 320 g/mol. The Hall–Kier alpha value is -2.70. The van der Waals surface area contributed by atoms with Gasteiger partial charge in [-0.25, -0.2) is 4.79 Å². The molecular formula is C16H20N2O5. The summed E-state index contributed by atoms with van der Waals surface area (Å²) in [5, 5.41) is 2.60. The van der Waals surface area contributed by atoms with E-state index in [4.69, 9.17) is 4.74 Å². The minimum atomic E-state index is -0.662. The highest BCUT2D eigenvalue weighted by Gasteiger charge is 2.17. The molecule has 0 saturated heterocycles. The quantitative estimate of drug-likeness (QED) is 0.560. The van der Waals surface area contributed by atoms with Gasteiger partial charge in [0.2, 0.25) is 5.91 Å². The number of hydrogen-bond donors (Lipinski definition) is 1. The van der Waals surface area contributed by atoms with Crippen molar-refractivity contribution in [3.63, 3.8) is 0 Å². The topological polar surface area (TPSA) is 92.8 Å². The minimum Gasteiger partial charge on any atom is -0.452 e. The summed E-state index contributed by atoms with van der Waals surface area (Å²) in [6.07, 6.45) is 0.666. The smallest absolute Gasteiger partial charge is 0.338 e. The lowest BCUT2D eigenvalue weighted by molar-refractivity contribution is -0.138. The van der Waals surface area contributed by atoms with E-state index in [1.807, 2.05) is 0 Å². The number of likely N-dealkylation sites (N-methyl/N-ethyl adjacent to an activating group) is 2. The Morgan fingerprint density at radius 2 is 1.83 bits per heavy atom. The first-order valence-corrected chi connectivity index (χ1v) is 7.28. The Bertz CT molecular complexity index is 568. The maximum atomic E-state index is 12.0. The van der Waals surface area contributed by atoms with E-state index in [-0.39, 0.29) is 18.0 Å². The Morgan fingerprint density at radius 1 is 1.17 bits per heavy atom. The molecule has 0 saturated carbocycles. The zero-order valence-electron chi connectivity index (χ0n) is 13.2.